The summed E-state index contributed by atoms with van der Waals surface area (Å²) in [5.41, 5.74) is 2.14. The Labute approximate surface area is 149 Å². The molecule has 1 aliphatic heterocycles. The highest BCUT2D eigenvalue weighted by atomic mass is 79.9. The van der Waals surface area contributed by atoms with Gasteiger partial charge >= 0.3 is 0 Å². The maximum Gasteiger partial charge on any atom is 0.282 e. The van der Waals surface area contributed by atoms with E-state index in [4.69, 9.17) is 0 Å². The van der Waals surface area contributed by atoms with Crippen LogP contribution < -0.4 is 15.5 Å². The molecule has 1 aliphatic rings. The molecule has 8 nitrogen and oxygen atoms in total. The molecule has 0 bridgehead atoms. The first-order valence-electron chi connectivity index (χ1n) is 6.95. The summed E-state index contributed by atoms with van der Waals surface area (Å²) in [7, 11) is 0. The first-order valence-corrected chi connectivity index (χ1v) is 7.74. The zero-order valence-electron chi connectivity index (χ0n) is 12.4. The number of benzene rings is 2. The van der Waals surface area contributed by atoms with Crippen LogP contribution in [-0.4, -0.2) is 16.7 Å². The fourth-order valence-electron chi connectivity index (χ4n) is 2.25. The number of nitrogens with one attached hydrogen (secondary N) is 1. The molecular weight excluding hydrogens is 394 g/mol. The molecule has 25 heavy (non-hydrogen) atoms. The van der Waals surface area contributed by atoms with Gasteiger partial charge in [0.15, 0.2) is 0 Å². The molecular formula is C16H9BrN3O5-. The fourth-order valence-corrected chi connectivity index (χ4v) is 2.51. The number of carbonyl (C=O) groups excluding carboxylic acids is 2. The van der Waals surface area contributed by atoms with Crippen LogP contribution in [0.2, 0.25) is 0 Å². The second kappa shape index (κ2) is 6.36. The SMILES string of the molecule is O=C1NN(c2ccc(Br)cc2)C(=O)/C1=C\c1cc([N+](=O)[O-])ccc1[O-]. The summed E-state index contributed by atoms with van der Waals surface area (Å²) in [6.07, 6.45) is 1.06. The predicted molar refractivity (Wildman–Crippen MR) is 90.3 cm³/mol. The number of non-ortho nitro benzene ring substituents is 1. The summed E-state index contributed by atoms with van der Waals surface area (Å²) in [5.74, 6) is -1.88. The van der Waals surface area contributed by atoms with Crippen molar-refractivity contribution in [2.45, 2.75) is 0 Å². The Morgan fingerprint density at radius 2 is 1.80 bits per heavy atom. The highest BCUT2D eigenvalue weighted by molar-refractivity contribution is 9.10. The largest absolute Gasteiger partial charge is 0.872 e. The molecule has 3 rings (SSSR count). The van der Waals surface area contributed by atoms with Gasteiger partial charge in [-0.2, -0.15) is 0 Å². The van der Waals surface area contributed by atoms with Gasteiger partial charge in [0.2, 0.25) is 0 Å². The Bertz CT molecular complexity index is 924. The highest BCUT2D eigenvalue weighted by Crippen LogP contribution is 2.27. The van der Waals surface area contributed by atoms with Crippen molar-refractivity contribution < 1.29 is 19.6 Å². The molecule has 0 aliphatic carbocycles. The molecule has 2 amide bonds. The molecule has 1 saturated heterocycles. The molecule has 0 spiro atoms. The maximum absolute atomic E-state index is 12.5. The molecule has 0 saturated carbocycles. The van der Waals surface area contributed by atoms with E-state index in [1.165, 1.54) is 0 Å². The standard InChI is InChI=1S/C16H10BrN3O5/c17-10-1-3-11(4-2-10)19-16(23)13(15(22)18-19)8-9-7-12(20(24)25)5-6-14(9)21/h1-8,21H,(H,18,22)/p-1/b13-8-. The van der Waals surface area contributed by atoms with E-state index in [9.17, 15) is 24.8 Å². The summed E-state index contributed by atoms with van der Waals surface area (Å²) in [5, 5.41) is 23.7. The van der Waals surface area contributed by atoms with Crippen molar-refractivity contribution in [3.05, 3.63) is 68.2 Å². The molecule has 0 radical (unpaired) electrons. The number of hydrogen-bond acceptors (Lipinski definition) is 5. The molecule has 2 aromatic rings. The highest BCUT2D eigenvalue weighted by Gasteiger charge is 2.34. The van der Waals surface area contributed by atoms with Crippen LogP contribution in [0.15, 0.2) is 52.5 Å². The molecule has 9 heteroatoms. The minimum atomic E-state index is -0.696. The van der Waals surface area contributed by atoms with E-state index in [1.807, 2.05) is 0 Å². The van der Waals surface area contributed by atoms with Gasteiger partial charge < -0.3 is 5.11 Å². The molecule has 2 aromatic carbocycles. The predicted octanol–water partition coefficient (Wildman–Crippen LogP) is 1.89. The normalized spacial score (nSPS) is 15.6. The number of hydrogen-bond donors (Lipinski definition) is 1. The van der Waals surface area contributed by atoms with Gasteiger partial charge in [-0.25, -0.2) is 5.01 Å². The first kappa shape index (κ1) is 16.7. The second-order valence-electron chi connectivity index (χ2n) is 5.10. The summed E-state index contributed by atoms with van der Waals surface area (Å²) in [4.78, 5) is 34.7. The molecule has 0 atom stereocenters. The van der Waals surface area contributed by atoms with Crippen LogP contribution in [0, 0.1) is 10.1 Å². The first-order chi connectivity index (χ1) is 11.9. The lowest BCUT2D eigenvalue weighted by atomic mass is 10.1. The molecule has 1 N–H and O–H groups in total. The van der Waals surface area contributed by atoms with Crippen molar-refractivity contribution in [1.29, 1.82) is 0 Å². The van der Waals surface area contributed by atoms with E-state index in [2.05, 4.69) is 21.4 Å². The Hall–Kier alpha value is -3.20. The van der Waals surface area contributed by atoms with E-state index in [0.29, 0.717) is 5.69 Å². The van der Waals surface area contributed by atoms with Crippen molar-refractivity contribution in [1.82, 2.24) is 5.43 Å². The van der Waals surface area contributed by atoms with Crippen molar-refractivity contribution in [2.24, 2.45) is 0 Å². The van der Waals surface area contributed by atoms with Crippen LogP contribution in [0.5, 0.6) is 5.75 Å². The van der Waals surface area contributed by atoms with Gasteiger partial charge in [0, 0.05) is 16.6 Å². The third-order valence-electron chi connectivity index (χ3n) is 3.48. The summed E-state index contributed by atoms with van der Waals surface area (Å²) in [6, 6.07) is 9.76. The van der Waals surface area contributed by atoms with Crippen molar-refractivity contribution in [3.63, 3.8) is 0 Å². The van der Waals surface area contributed by atoms with Crippen molar-refractivity contribution in [2.75, 3.05) is 5.01 Å². The maximum atomic E-state index is 12.5. The van der Waals surface area contributed by atoms with Crippen molar-refractivity contribution >= 4 is 45.2 Å². The zero-order valence-corrected chi connectivity index (χ0v) is 14.0. The number of nitro groups is 1. The van der Waals surface area contributed by atoms with Crippen LogP contribution in [0.3, 0.4) is 0 Å². The fraction of sp³-hybridized carbons (Fsp3) is 0. The quantitative estimate of drug-likeness (QED) is 0.364. The zero-order chi connectivity index (χ0) is 18.1. The van der Waals surface area contributed by atoms with E-state index in [0.717, 1.165) is 33.8 Å². The van der Waals surface area contributed by atoms with Gasteiger partial charge in [0.1, 0.15) is 5.57 Å². The van der Waals surface area contributed by atoms with Gasteiger partial charge in [-0.05, 0) is 35.9 Å². The smallest absolute Gasteiger partial charge is 0.282 e. The van der Waals surface area contributed by atoms with Gasteiger partial charge in [0.25, 0.3) is 17.5 Å². The van der Waals surface area contributed by atoms with E-state index in [1.54, 1.807) is 24.3 Å². The average molecular weight is 403 g/mol. The van der Waals surface area contributed by atoms with Crippen LogP contribution in [0.25, 0.3) is 6.08 Å². The summed E-state index contributed by atoms with van der Waals surface area (Å²) < 4.78 is 0.803. The topological polar surface area (TPSA) is 116 Å². The van der Waals surface area contributed by atoms with Crippen molar-refractivity contribution in [3.8, 4) is 5.75 Å². The van der Waals surface area contributed by atoms with E-state index < -0.39 is 22.5 Å². The molecule has 1 fully saturated rings. The van der Waals surface area contributed by atoms with Gasteiger partial charge in [0.05, 0.1) is 10.6 Å². The number of nitrogens with zero attached hydrogens (tertiary/aromatic N) is 2. The Morgan fingerprint density at radius 3 is 2.44 bits per heavy atom. The Morgan fingerprint density at radius 1 is 1.12 bits per heavy atom. The summed E-state index contributed by atoms with van der Waals surface area (Å²) >= 11 is 3.27. The molecule has 126 valence electrons. The number of hydrazine groups is 1. The number of rotatable bonds is 3. The lowest BCUT2D eigenvalue weighted by Crippen LogP contribution is -2.35. The molecule has 0 aromatic heterocycles. The third kappa shape index (κ3) is 3.22. The average Bonchev–Trinajstić information content (AvgIpc) is 2.85. The Balaban J connectivity index is 1.98. The number of carbonyl (C=O) groups is 2. The number of nitro benzene ring substituents is 1. The molecule has 1 heterocycles. The van der Waals surface area contributed by atoms with Crippen LogP contribution in [0.1, 0.15) is 5.56 Å². The summed E-state index contributed by atoms with van der Waals surface area (Å²) in [6.45, 7) is 0. The lowest BCUT2D eigenvalue weighted by molar-refractivity contribution is -0.385. The second-order valence-corrected chi connectivity index (χ2v) is 6.01. The number of anilines is 1. The minimum Gasteiger partial charge on any atom is -0.872 e. The van der Waals surface area contributed by atoms with Gasteiger partial charge in [-0.15, -0.1) is 5.75 Å². The van der Waals surface area contributed by atoms with Crippen LogP contribution >= 0.6 is 15.9 Å². The van der Waals surface area contributed by atoms with Gasteiger partial charge in [-0.3, -0.25) is 25.1 Å². The third-order valence-corrected chi connectivity index (χ3v) is 4.01. The number of halogens is 1. The number of amides is 2. The van der Waals surface area contributed by atoms with E-state index >= 15 is 0 Å². The van der Waals surface area contributed by atoms with E-state index in [-0.39, 0.29) is 16.8 Å². The van der Waals surface area contributed by atoms with Crippen LogP contribution in [-0.2, 0) is 9.59 Å². The Kier molecular flexibility index (Phi) is 4.24. The monoisotopic (exact) mass is 402 g/mol. The lowest BCUT2D eigenvalue weighted by Gasteiger charge is -2.14. The van der Waals surface area contributed by atoms with Crippen LogP contribution in [0.4, 0.5) is 11.4 Å². The van der Waals surface area contributed by atoms with Gasteiger partial charge in [-0.1, -0.05) is 22.0 Å². The molecule has 0 unspecified atom stereocenters. The minimum absolute atomic E-state index is 0.106.